The Balaban J connectivity index is 1.39. The molecule has 9 nitrogen and oxygen atoms in total. The first-order valence-electron chi connectivity index (χ1n) is 11.7. The third-order valence-corrected chi connectivity index (χ3v) is 7.59. The second-order valence-electron chi connectivity index (χ2n) is 8.90. The van der Waals surface area contributed by atoms with E-state index in [1.165, 1.54) is 6.07 Å². The number of anilines is 2. The molecule has 1 aliphatic heterocycles. The summed E-state index contributed by atoms with van der Waals surface area (Å²) in [5.41, 5.74) is 2.65. The van der Waals surface area contributed by atoms with Crippen molar-refractivity contribution in [3.05, 3.63) is 72.6 Å². The highest BCUT2D eigenvalue weighted by Gasteiger charge is 2.21. The van der Waals surface area contributed by atoms with E-state index in [9.17, 15) is 17.2 Å². The Hall–Kier alpha value is -3.90. The number of rotatable bonds is 7. The predicted octanol–water partition coefficient (Wildman–Crippen LogP) is 4.12. The maximum atomic E-state index is 14.1. The van der Waals surface area contributed by atoms with E-state index in [0.717, 1.165) is 38.1 Å². The lowest BCUT2D eigenvalue weighted by Gasteiger charge is -2.29. The third-order valence-electron chi connectivity index (χ3n) is 6.19. The number of aromatic nitrogens is 4. The van der Waals surface area contributed by atoms with E-state index in [4.69, 9.17) is 0 Å². The molecule has 0 radical (unpaired) electrons. The van der Waals surface area contributed by atoms with Crippen LogP contribution in [-0.2, 0) is 10.0 Å². The summed E-state index contributed by atoms with van der Waals surface area (Å²) in [4.78, 5) is 10.5. The van der Waals surface area contributed by atoms with Crippen LogP contribution in [-0.4, -0.2) is 59.7 Å². The number of aromatic amines is 1. The van der Waals surface area contributed by atoms with Crippen molar-refractivity contribution in [2.75, 3.05) is 30.2 Å². The van der Waals surface area contributed by atoms with Gasteiger partial charge in [-0.1, -0.05) is 12.1 Å². The molecule has 1 saturated heterocycles. The van der Waals surface area contributed by atoms with Gasteiger partial charge < -0.3 is 10.2 Å². The van der Waals surface area contributed by atoms with Crippen LogP contribution >= 0.6 is 0 Å². The van der Waals surface area contributed by atoms with Crippen molar-refractivity contribution in [3.8, 4) is 22.5 Å². The molecular formula is C25H25F2N7O2S. The van der Waals surface area contributed by atoms with Crippen LogP contribution < -0.4 is 10.0 Å². The summed E-state index contributed by atoms with van der Waals surface area (Å²) in [6, 6.07) is 10.8. The Labute approximate surface area is 213 Å². The number of hydrogen-bond donors (Lipinski definition) is 3. The second-order valence-corrected chi connectivity index (χ2v) is 10.5. The molecule has 12 heteroatoms. The number of piperidine rings is 1. The van der Waals surface area contributed by atoms with Gasteiger partial charge in [0, 0.05) is 35.2 Å². The monoisotopic (exact) mass is 525 g/mol. The van der Waals surface area contributed by atoms with Crippen molar-refractivity contribution < 1.29 is 17.2 Å². The largest absolute Gasteiger partial charge is 0.351 e. The second kappa shape index (κ2) is 10.2. The van der Waals surface area contributed by atoms with Crippen LogP contribution in [0.4, 0.5) is 20.4 Å². The highest BCUT2D eigenvalue weighted by atomic mass is 32.2. The van der Waals surface area contributed by atoms with E-state index in [1.807, 2.05) is 0 Å². The van der Waals surface area contributed by atoms with Crippen molar-refractivity contribution in [1.82, 2.24) is 25.1 Å². The van der Waals surface area contributed by atoms with Crippen molar-refractivity contribution in [3.63, 3.8) is 0 Å². The normalized spacial score (nSPS) is 15.0. The van der Waals surface area contributed by atoms with E-state index < -0.39 is 26.6 Å². The highest BCUT2D eigenvalue weighted by Crippen LogP contribution is 2.31. The maximum absolute atomic E-state index is 14.1. The SMILES string of the molecule is CN1CCC(Nc2nccc(-c3c[nH]nc3-c3cccc(NS(=O)(=O)c4cc(F)ccc4F)c3)n2)CC1. The van der Waals surface area contributed by atoms with Crippen LogP contribution in [0.1, 0.15) is 12.8 Å². The molecule has 3 N–H and O–H groups in total. The van der Waals surface area contributed by atoms with Gasteiger partial charge in [0.15, 0.2) is 0 Å². The number of H-pyrrole nitrogens is 1. The number of nitrogens with zero attached hydrogens (tertiary/aromatic N) is 4. The van der Waals surface area contributed by atoms with Crippen LogP contribution in [0, 0.1) is 11.6 Å². The molecule has 0 unspecified atom stereocenters. The molecule has 37 heavy (non-hydrogen) atoms. The smallest absolute Gasteiger partial charge is 0.264 e. The van der Waals surface area contributed by atoms with Crippen LogP contribution in [0.5, 0.6) is 0 Å². The molecule has 2 aromatic carbocycles. The Bertz CT molecular complexity index is 1520. The number of sulfonamides is 1. The summed E-state index contributed by atoms with van der Waals surface area (Å²) in [6.07, 6.45) is 5.39. The van der Waals surface area contributed by atoms with E-state index in [1.54, 1.807) is 36.7 Å². The highest BCUT2D eigenvalue weighted by molar-refractivity contribution is 7.92. The Kier molecular flexibility index (Phi) is 6.85. The van der Waals surface area contributed by atoms with Gasteiger partial charge >= 0.3 is 0 Å². The molecule has 0 atom stereocenters. The Morgan fingerprint density at radius 2 is 1.89 bits per heavy atom. The van der Waals surface area contributed by atoms with Crippen LogP contribution in [0.2, 0.25) is 0 Å². The van der Waals surface area contributed by atoms with Crippen molar-refractivity contribution in [1.29, 1.82) is 0 Å². The molecule has 3 heterocycles. The summed E-state index contributed by atoms with van der Waals surface area (Å²) in [5, 5.41) is 10.6. The standard InChI is InChI=1S/C25H25F2N7O2S/c1-34-11-8-18(9-12-34)30-25-28-10-7-22(31-25)20-15-29-32-24(20)16-3-2-4-19(13-16)33-37(35,36)23-14-17(26)5-6-21(23)27/h2-7,10,13-15,18,33H,8-9,11-12H2,1H3,(H,29,32)(H,28,30,31). The quantitative estimate of drug-likeness (QED) is 0.332. The van der Waals surface area contributed by atoms with Gasteiger partial charge in [-0.15, -0.1) is 0 Å². The molecule has 4 aromatic rings. The molecule has 0 bridgehead atoms. The molecule has 1 aliphatic rings. The first-order chi connectivity index (χ1) is 17.8. The third kappa shape index (κ3) is 5.59. The van der Waals surface area contributed by atoms with Gasteiger partial charge in [0.2, 0.25) is 5.95 Å². The van der Waals surface area contributed by atoms with E-state index in [0.29, 0.717) is 40.6 Å². The van der Waals surface area contributed by atoms with Crippen molar-refractivity contribution in [2.24, 2.45) is 0 Å². The first kappa shape index (κ1) is 24.8. The molecular weight excluding hydrogens is 500 g/mol. The number of benzene rings is 2. The molecule has 0 spiro atoms. The predicted molar refractivity (Wildman–Crippen MR) is 136 cm³/mol. The van der Waals surface area contributed by atoms with Gasteiger partial charge in [-0.05, 0) is 69.4 Å². The van der Waals surface area contributed by atoms with Gasteiger partial charge in [0.1, 0.15) is 22.2 Å². The van der Waals surface area contributed by atoms with E-state index in [2.05, 4.69) is 42.2 Å². The average Bonchev–Trinajstić information content (AvgIpc) is 3.37. The van der Waals surface area contributed by atoms with Crippen LogP contribution in [0.15, 0.2) is 65.8 Å². The Morgan fingerprint density at radius 1 is 1.08 bits per heavy atom. The van der Waals surface area contributed by atoms with Gasteiger partial charge in [0.25, 0.3) is 10.0 Å². The van der Waals surface area contributed by atoms with Crippen molar-refractivity contribution in [2.45, 2.75) is 23.8 Å². The van der Waals surface area contributed by atoms with E-state index in [-0.39, 0.29) is 5.69 Å². The maximum Gasteiger partial charge on any atom is 0.264 e. The van der Waals surface area contributed by atoms with Gasteiger partial charge in [-0.3, -0.25) is 9.82 Å². The summed E-state index contributed by atoms with van der Waals surface area (Å²) in [5.74, 6) is -1.38. The molecule has 192 valence electrons. The molecule has 0 amide bonds. The summed E-state index contributed by atoms with van der Waals surface area (Å²) in [7, 11) is -2.26. The van der Waals surface area contributed by atoms with Gasteiger partial charge in [-0.25, -0.2) is 27.2 Å². The fourth-order valence-electron chi connectivity index (χ4n) is 4.24. The fourth-order valence-corrected chi connectivity index (χ4v) is 5.38. The topological polar surface area (TPSA) is 116 Å². The minimum Gasteiger partial charge on any atom is -0.351 e. The zero-order chi connectivity index (χ0) is 26.0. The molecule has 5 rings (SSSR count). The van der Waals surface area contributed by atoms with Gasteiger partial charge in [0.05, 0.1) is 5.69 Å². The zero-order valence-electron chi connectivity index (χ0n) is 19.9. The van der Waals surface area contributed by atoms with Crippen LogP contribution in [0.25, 0.3) is 22.5 Å². The number of hydrogen-bond acceptors (Lipinski definition) is 7. The number of halogens is 2. The summed E-state index contributed by atoms with van der Waals surface area (Å²) in [6.45, 7) is 2.02. The minimum absolute atomic E-state index is 0.169. The van der Waals surface area contributed by atoms with Gasteiger partial charge in [-0.2, -0.15) is 5.10 Å². The summed E-state index contributed by atoms with van der Waals surface area (Å²) >= 11 is 0. The summed E-state index contributed by atoms with van der Waals surface area (Å²) < 4.78 is 55.4. The molecule has 2 aromatic heterocycles. The zero-order valence-corrected chi connectivity index (χ0v) is 20.8. The van der Waals surface area contributed by atoms with Crippen LogP contribution in [0.3, 0.4) is 0 Å². The first-order valence-corrected chi connectivity index (χ1v) is 13.2. The van der Waals surface area contributed by atoms with Crippen molar-refractivity contribution >= 4 is 21.7 Å². The number of nitrogens with one attached hydrogen (secondary N) is 3. The molecule has 1 fully saturated rings. The average molecular weight is 526 g/mol. The molecule has 0 saturated carbocycles. The van der Waals surface area contributed by atoms with E-state index >= 15 is 0 Å². The Morgan fingerprint density at radius 3 is 2.70 bits per heavy atom. The fraction of sp³-hybridized carbons (Fsp3) is 0.240. The lowest BCUT2D eigenvalue weighted by atomic mass is 10.1. The molecule has 0 aliphatic carbocycles. The number of likely N-dealkylation sites (tertiary alicyclic amines) is 1. The lowest BCUT2D eigenvalue weighted by molar-refractivity contribution is 0.263. The lowest BCUT2D eigenvalue weighted by Crippen LogP contribution is -2.37. The minimum atomic E-state index is -4.36.